The van der Waals surface area contributed by atoms with E-state index in [4.69, 9.17) is 0 Å². The molecule has 198 valence electrons. The number of carbonyl (C=O) groups is 1. The maximum atomic E-state index is 13.6. The summed E-state index contributed by atoms with van der Waals surface area (Å²) in [7, 11) is 4.01. The number of alkyl halides is 2. The third kappa shape index (κ3) is 6.12. The number of carbonyl (C=O) groups excluding carboxylic acids is 1. The van der Waals surface area contributed by atoms with Gasteiger partial charge in [-0.05, 0) is 55.6 Å². The molecule has 1 fully saturated rings. The molecule has 4 heterocycles. The highest BCUT2D eigenvalue weighted by Crippen LogP contribution is 2.29. The van der Waals surface area contributed by atoms with Gasteiger partial charge in [0.05, 0.1) is 23.9 Å². The van der Waals surface area contributed by atoms with Gasteiger partial charge in [0.25, 0.3) is 11.8 Å². The zero-order valence-electron chi connectivity index (χ0n) is 21.3. The molecule has 3 N–H and O–H groups in total. The molecule has 0 unspecified atom stereocenters. The summed E-state index contributed by atoms with van der Waals surface area (Å²) in [5.41, 5.74) is 4.09. The molecular formula is C27H30F2N8O. The van der Waals surface area contributed by atoms with Crippen LogP contribution in [0.4, 0.5) is 20.3 Å². The second kappa shape index (κ2) is 10.8. The number of anilines is 2. The van der Waals surface area contributed by atoms with Crippen LogP contribution in [-0.4, -0.2) is 82.1 Å². The fourth-order valence-electron chi connectivity index (χ4n) is 4.47. The molecule has 11 heteroatoms. The summed E-state index contributed by atoms with van der Waals surface area (Å²) in [6, 6.07) is 11.2. The number of H-pyrrole nitrogens is 1. The van der Waals surface area contributed by atoms with Crippen LogP contribution < -0.4 is 10.6 Å². The Bertz CT molecular complexity index is 1420. The monoisotopic (exact) mass is 520 g/mol. The highest BCUT2D eigenvalue weighted by atomic mass is 19.3. The van der Waals surface area contributed by atoms with Gasteiger partial charge in [0.1, 0.15) is 5.82 Å². The molecule has 0 atom stereocenters. The van der Waals surface area contributed by atoms with Gasteiger partial charge < -0.3 is 15.5 Å². The lowest BCUT2D eigenvalue weighted by atomic mass is 10.0. The van der Waals surface area contributed by atoms with Gasteiger partial charge in [0, 0.05) is 55.9 Å². The number of nitrogens with zero attached hydrogens (tertiary/aromatic N) is 5. The van der Waals surface area contributed by atoms with Crippen molar-refractivity contribution in [2.75, 3.05) is 50.9 Å². The molecule has 1 aromatic carbocycles. The minimum Gasteiger partial charge on any atom is -0.369 e. The number of halogens is 2. The van der Waals surface area contributed by atoms with Gasteiger partial charge in [-0.2, -0.15) is 5.10 Å². The number of rotatable bonds is 9. The van der Waals surface area contributed by atoms with Gasteiger partial charge in [0.15, 0.2) is 5.69 Å². The SMILES string of the molecule is CN(C)CCNc1ccc(NC(=O)c2n[nH]c3ccc(-c4cncc(CN5CCC(F)(F)C5)c4)cc23)cn1. The Morgan fingerprint density at radius 2 is 2.00 bits per heavy atom. The summed E-state index contributed by atoms with van der Waals surface area (Å²) in [5, 5.41) is 13.9. The van der Waals surface area contributed by atoms with Crippen molar-refractivity contribution in [3.63, 3.8) is 0 Å². The number of pyridine rings is 2. The Morgan fingerprint density at radius 3 is 2.74 bits per heavy atom. The van der Waals surface area contributed by atoms with Crippen molar-refractivity contribution in [3.05, 3.63) is 66.2 Å². The van der Waals surface area contributed by atoms with Crippen molar-refractivity contribution in [2.45, 2.75) is 18.9 Å². The van der Waals surface area contributed by atoms with Gasteiger partial charge in [-0.15, -0.1) is 0 Å². The summed E-state index contributed by atoms with van der Waals surface area (Å²) >= 11 is 0. The van der Waals surface area contributed by atoms with Gasteiger partial charge >= 0.3 is 0 Å². The number of benzene rings is 1. The lowest BCUT2D eigenvalue weighted by Gasteiger charge is -2.15. The first-order valence-corrected chi connectivity index (χ1v) is 12.4. The second-order valence-electron chi connectivity index (χ2n) is 9.85. The van der Waals surface area contributed by atoms with Gasteiger partial charge in [-0.1, -0.05) is 6.07 Å². The molecule has 1 amide bonds. The average Bonchev–Trinajstić information content (AvgIpc) is 3.47. The van der Waals surface area contributed by atoms with Gasteiger partial charge in [-0.25, -0.2) is 13.8 Å². The van der Waals surface area contributed by atoms with Crippen LogP contribution in [-0.2, 0) is 6.54 Å². The second-order valence-corrected chi connectivity index (χ2v) is 9.85. The zero-order chi connectivity index (χ0) is 26.7. The third-order valence-corrected chi connectivity index (χ3v) is 6.45. The minimum absolute atomic E-state index is 0.115. The van der Waals surface area contributed by atoms with Crippen molar-refractivity contribution in [1.29, 1.82) is 0 Å². The van der Waals surface area contributed by atoms with Crippen LogP contribution >= 0.6 is 0 Å². The van der Waals surface area contributed by atoms with E-state index in [9.17, 15) is 13.6 Å². The van der Waals surface area contributed by atoms with Gasteiger partial charge in [-0.3, -0.25) is 19.8 Å². The van der Waals surface area contributed by atoms with Crippen LogP contribution in [0, 0.1) is 0 Å². The molecule has 0 radical (unpaired) electrons. The van der Waals surface area contributed by atoms with Crippen LogP contribution in [0.2, 0.25) is 0 Å². The first-order chi connectivity index (χ1) is 18.3. The Hall–Kier alpha value is -3.96. The third-order valence-electron chi connectivity index (χ3n) is 6.45. The first kappa shape index (κ1) is 25.7. The minimum atomic E-state index is -2.63. The van der Waals surface area contributed by atoms with E-state index in [0.717, 1.165) is 41.1 Å². The maximum Gasteiger partial charge on any atom is 0.276 e. The fraction of sp³-hybridized carbons (Fsp3) is 0.333. The molecule has 0 saturated carbocycles. The molecule has 3 aromatic heterocycles. The molecule has 1 saturated heterocycles. The highest BCUT2D eigenvalue weighted by molar-refractivity contribution is 6.11. The van der Waals surface area contributed by atoms with E-state index in [0.29, 0.717) is 24.2 Å². The van der Waals surface area contributed by atoms with Crippen molar-refractivity contribution in [1.82, 2.24) is 30.0 Å². The standard InChI is InChI=1S/C27H30F2N8O/c1-36(2)10-8-31-24-6-4-21(15-32-24)33-26(38)25-22-12-19(3-5-23(22)34-35-25)20-11-18(13-30-14-20)16-37-9-7-27(28,29)17-37/h3-6,11-15H,7-10,16-17H2,1-2H3,(H,31,32)(H,33,38)(H,34,35). The maximum absolute atomic E-state index is 13.6. The van der Waals surface area contributed by atoms with Crippen molar-refractivity contribution >= 4 is 28.3 Å². The molecule has 38 heavy (non-hydrogen) atoms. The number of hydrogen-bond donors (Lipinski definition) is 3. The molecule has 9 nitrogen and oxygen atoms in total. The average molecular weight is 521 g/mol. The number of hydrogen-bond acceptors (Lipinski definition) is 7. The molecule has 1 aliphatic rings. The Labute approximate surface area is 219 Å². The van der Waals surface area contributed by atoms with Crippen molar-refractivity contribution < 1.29 is 13.6 Å². The summed E-state index contributed by atoms with van der Waals surface area (Å²) in [6.07, 6.45) is 4.91. The number of aromatic amines is 1. The van der Waals surface area contributed by atoms with Crippen LogP contribution in [0.1, 0.15) is 22.5 Å². The van der Waals surface area contributed by atoms with Gasteiger partial charge in [0.2, 0.25) is 0 Å². The summed E-state index contributed by atoms with van der Waals surface area (Å²) < 4.78 is 27.2. The first-order valence-electron chi connectivity index (χ1n) is 12.4. The van der Waals surface area contributed by atoms with Crippen LogP contribution in [0.15, 0.2) is 55.0 Å². The summed E-state index contributed by atoms with van der Waals surface area (Å²) in [6.45, 7) is 2.19. The van der Waals surface area contributed by atoms with Crippen molar-refractivity contribution in [2.24, 2.45) is 0 Å². The van der Waals surface area contributed by atoms with E-state index in [-0.39, 0.29) is 24.6 Å². The van der Waals surface area contributed by atoms with E-state index < -0.39 is 5.92 Å². The van der Waals surface area contributed by atoms with Crippen LogP contribution in [0.5, 0.6) is 0 Å². The van der Waals surface area contributed by atoms with Crippen molar-refractivity contribution in [3.8, 4) is 11.1 Å². The highest BCUT2D eigenvalue weighted by Gasteiger charge is 2.37. The molecular weight excluding hydrogens is 490 g/mol. The molecule has 4 aromatic rings. The molecule has 1 aliphatic heterocycles. The molecule has 0 aliphatic carbocycles. The largest absolute Gasteiger partial charge is 0.369 e. The van der Waals surface area contributed by atoms with Crippen LogP contribution in [0.25, 0.3) is 22.0 Å². The number of fused-ring (bicyclic) bond motifs is 1. The Balaban J connectivity index is 1.29. The lowest BCUT2D eigenvalue weighted by molar-refractivity contribution is 0.0115. The predicted octanol–water partition coefficient (Wildman–Crippen LogP) is 4.09. The Morgan fingerprint density at radius 1 is 1.13 bits per heavy atom. The Kier molecular flexibility index (Phi) is 7.30. The summed E-state index contributed by atoms with van der Waals surface area (Å²) in [4.78, 5) is 25.5. The smallest absolute Gasteiger partial charge is 0.276 e. The van der Waals surface area contributed by atoms with E-state index in [1.54, 1.807) is 29.6 Å². The van der Waals surface area contributed by atoms with Crippen LogP contribution in [0.3, 0.4) is 0 Å². The molecule has 0 spiro atoms. The zero-order valence-corrected chi connectivity index (χ0v) is 21.3. The number of likely N-dealkylation sites (N-methyl/N-ethyl adjacent to an activating group) is 1. The predicted molar refractivity (Wildman–Crippen MR) is 143 cm³/mol. The number of likely N-dealkylation sites (tertiary alicyclic amines) is 1. The molecule has 5 rings (SSSR count). The number of amides is 1. The number of aromatic nitrogens is 4. The van der Waals surface area contributed by atoms with E-state index in [1.807, 2.05) is 44.4 Å². The van der Waals surface area contributed by atoms with E-state index in [1.165, 1.54) is 0 Å². The quantitative estimate of drug-likeness (QED) is 0.306. The topological polar surface area (TPSA) is 102 Å². The lowest BCUT2D eigenvalue weighted by Crippen LogP contribution is -2.24. The summed E-state index contributed by atoms with van der Waals surface area (Å²) in [5.74, 6) is -2.26. The number of nitrogens with one attached hydrogen (secondary N) is 3. The van der Waals surface area contributed by atoms with E-state index >= 15 is 0 Å². The molecule has 0 bridgehead atoms. The van der Waals surface area contributed by atoms with E-state index in [2.05, 4.69) is 35.7 Å². The normalized spacial score (nSPS) is 15.3. The fourth-order valence-corrected chi connectivity index (χ4v) is 4.47.